The first kappa shape index (κ1) is 117. The lowest BCUT2D eigenvalue weighted by molar-refractivity contribution is -0.284. The molecule has 0 radical (unpaired) electrons. The van der Waals surface area contributed by atoms with Crippen molar-refractivity contribution < 1.29 is 63.7 Å². The van der Waals surface area contributed by atoms with Gasteiger partial charge in [-0.2, -0.15) is 87.8 Å². The van der Waals surface area contributed by atoms with Crippen LogP contribution in [0, 0.1) is 73.6 Å². The summed E-state index contributed by atoms with van der Waals surface area (Å²) in [5.41, 5.74) is 6.43. The summed E-state index contributed by atoms with van der Waals surface area (Å²) in [5, 5.41) is 25.2. The molecule has 0 bridgehead atoms. The number of aromatic nitrogens is 18. The summed E-state index contributed by atoms with van der Waals surface area (Å²) in [6.45, 7) is 10.7. The summed E-state index contributed by atoms with van der Waals surface area (Å²) < 4.78 is 110. The van der Waals surface area contributed by atoms with Crippen LogP contribution in [0.5, 0.6) is 0 Å². The van der Waals surface area contributed by atoms with Crippen molar-refractivity contribution in [2.75, 3.05) is 98.9 Å². The molecule has 31 nitrogen and oxygen atoms in total. The van der Waals surface area contributed by atoms with Gasteiger partial charge in [-0.3, -0.25) is 87.4 Å². The average molecular weight is 2190 g/mol. The third-order valence-electron chi connectivity index (χ3n) is 20.7. The topological polar surface area (TPSA) is 323 Å². The minimum atomic E-state index is -5.74. The van der Waals surface area contributed by atoms with E-state index in [1.54, 1.807) is 173 Å². The molecular weight excluding hydrogens is 2090 g/mol. The molecule has 0 aliphatic heterocycles. The normalized spacial score (nSPS) is 12.3. The number of rotatable bonds is 37. The average Bonchev–Trinajstić information content (AvgIpc) is 1.69. The third kappa shape index (κ3) is 34.7. The van der Waals surface area contributed by atoms with Crippen LogP contribution in [0.1, 0.15) is 92.9 Å². The van der Waals surface area contributed by atoms with Crippen LogP contribution in [0.4, 0.5) is 64.9 Å². The first-order valence-electron chi connectivity index (χ1n) is 43.8. The van der Waals surface area contributed by atoms with Crippen molar-refractivity contribution in [3.63, 3.8) is 0 Å². The van der Waals surface area contributed by atoms with E-state index >= 15 is 0 Å². The molecule has 12 heterocycles. The summed E-state index contributed by atoms with van der Waals surface area (Å²) in [5.74, 6) is 5.30. The summed E-state index contributed by atoms with van der Waals surface area (Å²) in [6.07, 6.45) is 55.3. The van der Waals surface area contributed by atoms with Gasteiger partial charge in [-0.1, -0.05) is 113 Å². The molecule has 4 unspecified atom stereocenters. The van der Waals surface area contributed by atoms with Gasteiger partial charge in [0.25, 0.3) is 0 Å². The highest BCUT2D eigenvalue weighted by atomic mass is 35.5. The molecule has 1 aliphatic carbocycles. The summed E-state index contributed by atoms with van der Waals surface area (Å²) in [4.78, 5) is 107. The van der Waals surface area contributed by atoms with Crippen molar-refractivity contribution in [1.29, 1.82) is 0 Å². The zero-order valence-electron chi connectivity index (χ0n) is 79.5. The molecule has 0 N–H and O–H groups in total. The van der Waals surface area contributed by atoms with Crippen molar-refractivity contribution in [3.8, 4) is 95.8 Å². The molecule has 145 heavy (non-hydrogen) atoms. The second-order valence-corrected chi connectivity index (χ2v) is 38.8. The van der Waals surface area contributed by atoms with E-state index in [1.165, 1.54) is 95.0 Å². The minimum Gasteiger partial charge on any atom is -0.308 e. The van der Waals surface area contributed by atoms with Gasteiger partial charge in [0.2, 0.25) is 41.4 Å². The Kier molecular flexibility index (Phi) is 46.4. The molecule has 6 amide bonds. The molecular formula is C97H99Cl6F7N24O7S4. The Bertz CT molecular complexity index is 6520. The molecule has 764 valence electrons. The van der Waals surface area contributed by atoms with Crippen LogP contribution in [-0.4, -0.2) is 232 Å². The van der Waals surface area contributed by atoms with E-state index in [9.17, 15) is 63.7 Å². The van der Waals surface area contributed by atoms with Crippen molar-refractivity contribution in [1.82, 2.24) is 88.6 Å². The standard InChI is InChI=1S/C18H21ClN4OS.C17H21ClN4OS.C16H12ClF5N4O.C16H15ClF2N4O.C15H15ClN4O2S.C15H15ClN4OS/c1-5-9-22(17(24)10-16(25-4)13(2)3)15-12-23(21-18(15)19)14-7-6-8-20-11-14;1-2-21(16(23)7-9-24-12-13-5-6-13)15-11-22(20-17(15)18)14-4-3-8-19-10-14;1-2-8-25(13(27)5-6-15(18,19)16(20,21)22)12-10-26(24-14(12)17)11-4-3-7-23-9-11;1-3-9-22(14(24)6-7-16(2,18)19)13-11-23(21-15(13)17)12-5-4-8-20-10-12;1-4-8-19(15(21)11(2)23(3)22)13-10-20(18-14(13)16)12-6-5-7-17-9-12;1-4-8-19(15(21)11(2)22-3)13-10-20(18-14(13)16)12-6-5-7-17-9-12/h1,6-8,11-13,16H,9-10H2,2-4H3;3-4,8,10-11,13H,2,5-7,9,12H2,1H3;1,3-4,7,9-10H,5-6,8H2;1,4-5,8,10-11H,6-7,9H2,2H3;1,5-7,9-11H,8H2,2-3H3;1,5-7,9-11H,8H2,2-3H3. The van der Waals surface area contributed by atoms with Crippen LogP contribution >= 0.6 is 105 Å². The second kappa shape index (κ2) is 57.2. The molecule has 1 saturated carbocycles. The highest BCUT2D eigenvalue weighted by Gasteiger charge is 2.57. The first-order chi connectivity index (χ1) is 69.1. The third-order valence-corrected chi connectivity index (χ3v) is 27.0. The van der Waals surface area contributed by atoms with E-state index < -0.39 is 65.1 Å². The molecule has 12 aromatic rings. The lowest BCUT2D eigenvalue weighted by atomic mass is 10.1. The number of terminal acetylenes is 5. The van der Waals surface area contributed by atoms with E-state index in [4.69, 9.17) is 102 Å². The van der Waals surface area contributed by atoms with E-state index in [1.807, 2.05) is 62.4 Å². The molecule has 0 aromatic carbocycles. The Labute approximate surface area is 879 Å². The lowest BCUT2D eigenvalue weighted by Crippen LogP contribution is -2.40. The number of hydrogen-bond donors (Lipinski definition) is 0. The molecule has 13 rings (SSSR count). The lowest BCUT2D eigenvalue weighted by Gasteiger charge is -2.23. The van der Waals surface area contributed by atoms with Gasteiger partial charge >= 0.3 is 12.1 Å². The van der Waals surface area contributed by atoms with Crippen molar-refractivity contribution >= 4 is 185 Å². The summed E-state index contributed by atoms with van der Waals surface area (Å²) in [6, 6.07) is 21.3. The van der Waals surface area contributed by atoms with Crippen molar-refractivity contribution in [2.45, 2.75) is 127 Å². The monoisotopic (exact) mass is 2180 g/mol. The Morgan fingerprint density at radius 2 is 0.717 bits per heavy atom. The van der Waals surface area contributed by atoms with Gasteiger partial charge in [0.05, 0.1) is 146 Å². The smallest absolute Gasteiger partial charge is 0.308 e. The van der Waals surface area contributed by atoms with Gasteiger partial charge in [-0.15, -0.1) is 32.1 Å². The van der Waals surface area contributed by atoms with Crippen LogP contribution in [0.25, 0.3) is 34.1 Å². The van der Waals surface area contributed by atoms with Crippen molar-refractivity contribution in [3.05, 3.63) is 215 Å². The summed E-state index contributed by atoms with van der Waals surface area (Å²) in [7, 11) is -1.31. The Balaban J connectivity index is 0.000000213. The van der Waals surface area contributed by atoms with Crippen molar-refractivity contribution in [2.24, 2.45) is 11.8 Å². The maximum absolute atomic E-state index is 13.1. The van der Waals surface area contributed by atoms with Gasteiger partial charge in [0, 0.05) is 110 Å². The SMILES string of the molecule is C#CCN(C(=O)C(C)S(C)=O)c1cn(-c2cccnc2)nc1Cl.C#CCN(C(=O)C(C)SC)c1cn(-c2cccnc2)nc1Cl.C#CCN(C(=O)CC(SC)C(C)C)c1cn(-c2cccnc2)nc1Cl.C#CCN(C(=O)CCC(C)(F)F)c1cn(-c2cccnc2)nc1Cl.C#CCN(C(=O)CCC(F)(F)C(F)(F)F)c1cn(-c2cccnc2)nc1Cl.CCN(C(=O)CCSCC1CC1)c1cn(-c2cccnc2)nc1Cl. The maximum Gasteiger partial charge on any atom is 0.453 e. The number of halogens is 13. The number of pyridine rings is 6. The Hall–Kier alpha value is -12.8. The number of carbonyl (C=O) groups is 6. The van der Waals surface area contributed by atoms with Gasteiger partial charge in [-0.05, 0) is 143 Å². The molecule has 0 saturated heterocycles. The van der Waals surface area contributed by atoms with Crippen LogP contribution < -0.4 is 29.4 Å². The zero-order chi connectivity index (χ0) is 106. The largest absolute Gasteiger partial charge is 0.453 e. The number of thioether (sulfide) groups is 3. The van der Waals surface area contributed by atoms with Crippen LogP contribution in [0.2, 0.25) is 30.9 Å². The predicted molar refractivity (Wildman–Crippen MR) is 560 cm³/mol. The quantitative estimate of drug-likeness (QED) is 0.0198. The highest BCUT2D eigenvalue weighted by molar-refractivity contribution is 8.00. The first-order valence-corrected chi connectivity index (χ1v) is 51.4. The molecule has 1 fully saturated rings. The van der Waals surface area contributed by atoms with Crippen LogP contribution in [0.15, 0.2) is 184 Å². The highest BCUT2D eigenvalue weighted by Crippen LogP contribution is 2.41. The van der Waals surface area contributed by atoms with Gasteiger partial charge in [-0.25, -0.2) is 36.9 Å². The van der Waals surface area contributed by atoms with E-state index in [-0.39, 0.29) is 110 Å². The number of amides is 6. The van der Waals surface area contributed by atoms with Crippen LogP contribution in [-0.2, 0) is 39.6 Å². The number of hydrogen-bond acceptors (Lipinski definition) is 22. The Morgan fingerprint density at radius 3 is 0.972 bits per heavy atom. The second-order valence-electron chi connectivity index (χ2n) is 31.5. The number of carbonyl (C=O) groups excluding carboxylic acids is 6. The maximum atomic E-state index is 13.1. The molecule has 48 heteroatoms. The number of nitrogens with zero attached hydrogens (tertiary/aromatic N) is 24. The molecule has 12 aromatic heterocycles. The number of alkyl halides is 7. The van der Waals surface area contributed by atoms with Gasteiger partial charge in [0.15, 0.2) is 30.9 Å². The Morgan fingerprint density at radius 1 is 0.434 bits per heavy atom. The fourth-order valence-corrected chi connectivity index (χ4v) is 16.8. The fraction of sp³-hybridized carbons (Fsp3) is 0.340. The minimum absolute atomic E-state index is 0.0127. The molecule has 4 atom stereocenters. The van der Waals surface area contributed by atoms with E-state index in [2.05, 4.69) is 104 Å². The van der Waals surface area contributed by atoms with Crippen LogP contribution in [0.3, 0.4) is 0 Å². The van der Waals surface area contributed by atoms with E-state index in [0.29, 0.717) is 70.3 Å². The van der Waals surface area contributed by atoms with Gasteiger partial charge < -0.3 is 4.90 Å². The number of anilines is 6. The zero-order valence-corrected chi connectivity index (χ0v) is 87.3. The molecule has 1 aliphatic rings. The van der Waals surface area contributed by atoms with E-state index in [0.717, 1.165) is 40.6 Å². The summed E-state index contributed by atoms with van der Waals surface area (Å²) >= 11 is 42.0. The fourth-order valence-electron chi connectivity index (χ4n) is 12.7. The molecule has 0 spiro atoms. The predicted octanol–water partition coefficient (Wildman–Crippen LogP) is 19.0. The van der Waals surface area contributed by atoms with Gasteiger partial charge in [0.1, 0.15) is 39.4 Å².